The van der Waals surface area contributed by atoms with Crippen LogP contribution >= 0.6 is 0 Å². The molecule has 446 valence electrons. The Bertz CT molecular complexity index is 3640. The minimum Gasteiger partial charge on any atom is -0.491 e. The van der Waals surface area contributed by atoms with Crippen molar-refractivity contribution in [2.75, 3.05) is 43.4 Å². The van der Waals surface area contributed by atoms with E-state index in [1.165, 1.54) is 0 Å². The number of alkyl carbamates (subject to hydrolysis) is 1. The number of benzene rings is 2. The number of hydrogen-bond donors (Lipinski definition) is 5. The number of ether oxygens (including phenoxy) is 2. The zero-order valence-electron chi connectivity index (χ0n) is 49.3. The first-order valence-electron chi connectivity index (χ1n) is 28.6. The molecule has 6 amide bonds. The van der Waals surface area contributed by atoms with E-state index in [1.807, 2.05) is 53.7 Å². The van der Waals surface area contributed by atoms with Crippen LogP contribution in [-0.4, -0.2) is 143 Å². The lowest BCUT2D eigenvalue weighted by Gasteiger charge is -2.34. The number of likely N-dealkylation sites (tertiary alicyclic amines) is 1. The first-order valence-corrected chi connectivity index (χ1v) is 28.6. The molecule has 2 aromatic carbocycles. The van der Waals surface area contributed by atoms with Crippen LogP contribution in [0.1, 0.15) is 145 Å². The molecule has 7 heterocycles. The molecule has 26 nitrogen and oxygen atoms in total. The number of fused-ring (bicyclic) bond motifs is 3. The van der Waals surface area contributed by atoms with Gasteiger partial charge in [-0.25, -0.2) is 14.8 Å². The number of nitrogens with one attached hydrogen (secondary N) is 3. The summed E-state index contributed by atoms with van der Waals surface area (Å²) in [6.07, 6.45) is 5.99. The highest BCUT2D eigenvalue weighted by Crippen LogP contribution is 2.33. The standard InChI is InChI=1S/C58H76N18O8/c1-10-75-44(28-35(5)68-75)52(79)64-55-61-40-30-38(49(59)77)15-16-43(40)72(55)20-12-13-21-74-48-41(62-56(74)65-53(80)45-29-36(6)69-76(45)11-2)31-39(50(60)78)32-46(48)83-26-14-19-70-22-17-37(18-23-70)51-67-66-47-33-71(24-25-73(47)51)54(81)42(27-34(3)4)63-57(82)84-58(7,8)9/h12-13,15-16,28-32,34,37,42H,10-11,14,17-27,33H2,1-9H3,(H2,59,77)(H2,60,78)(H,63,82)(H,61,64,79)(H,62,65,80)/b13-12+/t42-/m0/s1. The van der Waals surface area contributed by atoms with Crippen LogP contribution in [0.2, 0.25) is 0 Å². The van der Waals surface area contributed by atoms with Gasteiger partial charge in [0, 0.05) is 62.9 Å². The molecule has 2 aliphatic rings. The molecular formula is C58H76N18O8. The van der Waals surface area contributed by atoms with E-state index in [-0.39, 0.29) is 60.5 Å². The summed E-state index contributed by atoms with van der Waals surface area (Å²) >= 11 is 0. The maximum atomic E-state index is 14.0. The van der Waals surface area contributed by atoms with Crippen LogP contribution < -0.4 is 32.2 Å². The molecule has 0 bridgehead atoms. The average molecular weight is 1150 g/mol. The first kappa shape index (κ1) is 59.7. The number of carbonyl (C=O) groups excluding carboxylic acids is 6. The summed E-state index contributed by atoms with van der Waals surface area (Å²) in [6.45, 7) is 22.1. The Morgan fingerprint density at radius 2 is 1.37 bits per heavy atom. The fraction of sp³-hybridized carbons (Fsp3) is 0.483. The van der Waals surface area contributed by atoms with Crippen LogP contribution in [-0.2, 0) is 48.8 Å². The topological polar surface area (TPSA) is 317 Å². The smallest absolute Gasteiger partial charge is 0.408 e. The van der Waals surface area contributed by atoms with E-state index in [0.29, 0.717) is 96.2 Å². The van der Waals surface area contributed by atoms with E-state index < -0.39 is 41.4 Å². The van der Waals surface area contributed by atoms with E-state index in [0.717, 1.165) is 44.1 Å². The number of anilines is 2. The molecular weight excluding hydrogens is 1080 g/mol. The predicted molar refractivity (Wildman–Crippen MR) is 313 cm³/mol. The number of nitrogens with two attached hydrogens (primary N) is 2. The molecule has 0 aliphatic carbocycles. The molecule has 7 N–H and O–H groups in total. The number of nitrogens with zero attached hydrogens (tertiary/aromatic N) is 13. The number of rotatable bonds is 22. The Kier molecular flexibility index (Phi) is 18.0. The molecule has 0 spiro atoms. The molecule has 0 saturated carbocycles. The number of imidazole rings is 2. The van der Waals surface area contributed by atoms with E-state index in [2.05, 4.69) is 45.8 Å². The molecule has 84 heavy (non-hydrogen) atoms. The van der Waals surface area contributed by atoms with Crippen LogP contribution in [0.3, 0.4) is 0 Å². The lowest BCUT2D eigenvalue weighted by molar-refractivity contribution is -0.135. The van der Waals surface area contributed by atoms with Gasteiger partial charge in [-0.15, -0.1) is 10.2 Å². The highest BCUT2D eigenvalue weighted by atomic mass is 16.6. The quantitative estimate of drug-likeness (QED) is 0.0389. The second kappa shape index (κ2) is 25.3. The van der Waals surface area contributed by atoms with Crippen molar-refractivity contribution in [2.45, 2.75) is 145 Å². The average Bonchev–Trinajstić information content (AvgIpc) is 2.56. The molecule has 0 unspecified atom stereocenters. The lowest BCUT2D eigenvalue weighted by atomic mass is 9.95. The largest absolute Gasteiger partial charge is 0.491 e. The number of allylic oxidation sites excluding steroid dienone is 2. The molecule has 9 rings (SSSR count). The number of amides is 6. The van der Waals surface area contributed by atoms with E-state index >= 15 is 0 Å². The van der Waals surface area contributed by atoms with Gasteiger partial charge in [-0.3, -0.25) is 44.0 Å². The first-order chi connectivity index (χ1) is 40.1. The van der Waals surface area contributed by atoms with E-state index in [4.69, 9.17) is 30.9 Å². The van der Waals surface area contributed by atoms with Gasteiger partial charge in [-0.1, -0.05) is 26.0 Å². The summed E-state index contributed by atoms with van der Waals surface area (Å²) in [4.78, 5) is 93.0. The number of aryl methyl sites for hydroxylation is 4. The highest BCUT2D eigenvalue weighted by molar-refractivity contribution is 6.05. The molecule has 2 aliphatic heterocycles. The number of piperidine rings is 1. The monoisotopic (exact) mass is 1150 g/mol. The summed E-state index contributed by atoms with van der Waals surface area (Å²) in [6, 6.07) is 10.7. The van der Waals surface area contributed by atoms with Gasteiger partial charge < -0.3 is 49.8 Å². The van der Waals surface area contributed by atoms with Crippen molar-refractivity contribution < 1.29 is 38.2 Å². The molecule has 1 atom stereocenters. The third-order valence-electron chi connectivity index (χ3n) is 14.8. The number of aromatic nitrogens is 11. The molecule has 1 fully saturated rings. The molecule has 5 aromatic heterocycles. The van der Waals surface area contributed by atoms with Gasteiger partial charge in [-0.05, 0) is 136 Å². The van der Waals surface area contributed by atoms with Crippen molar-refractivity contribution in [1.82, 2.24) is 68.5 Å². The van der Waals surface area contributed by atoms with Gasteiger partial charge in [0.1, 0.15) is 40.1 Å². The van der Waals surface area contributed by atoms with Gasteiger partial charge in [0.2, 0.25) is 29.6 Å². The SMILES string of the molecule is CCn1nc(C)cc1C(=O)Nc1nc2cc(C(N)=O)ccc2n1C/C=C/Cn1c(NC(=O)c2cc(C)nn2CC)nc2cc(C(N)=O)cc(OCCCN3CCC(c4nnc5n4CCN(C(=O)[C@H](CC(C)C)NC(=O)OC(C)(C)C)C5)CC3)c21. The molecule has 7 aromatic rings. The Balaban J connectivity index is 0.895. The summed E-state index contributed by atoms with van der Waals surface area (Å²) in [7, 11) is 0. The second-order valence-electron chi connectivity index (χ2n) is 22.8. The molecule has 26 heteroatoms. The number of primary amides is 2. The van der Waals surface area contributed by atoms with Gasteiger partial charge in [0.15, 0.2) is 5.82 Å². The number of hydrogen-bond acceptors (Lipinski definition) is 15. The summed E-state index contributed by atoms with van der Waals surface area (Å²) in [5.41, 5.74) is 15.3. The zero-order valence-corrected chi connectivity index (χ0v) is 49.3. The van der Waals surface area contributed by atoms with Crippen molar-refractivity contribution in [2.24, 2.45) is 17.4 Å². The van der Waals surface area contributed by atoms with E-state index in [1.54, 1.807) is 86.6 Å². The Labute approximate surface area is 486 Å². The summed E-state index contributed by atoms with van der Waals surface area (Å²) < 4.78 is 21.0. The van der Waals surface area contributed by atoms with Crippen molar-refractivity contribution >= 4 is 69.6 Å². The zero-order chi connectivity index (χ0) is 60.1. The third-order valence-corrected chi connectivity index (χ3v) is 14.8. The van der Waals surface area contributed by atoms with Crippen LogP contribution in [0.4, 0.5) is 16.7 Å². The Morgan fingerprint density at radius 3 is 1.98 bits per heavy atom. The maximum absolute atomic E-state index is 14.0. The summed E-state index contributed by atoms with van der Waals surface area (Å²) in [5, 5.41) is 26.8. The second-order valence-corrected chi connectivity index (χ2v) is 22.8. The molecule has 1 saturated heterocycles. The van der Waals surface area contributed by atoms with Crippen LogP contribution in [0.25, 0.3) is 22.1 Å². The highest BCUT2D eigenvalue weighted by Gasteiger charge is 2.34. The lowest BCUT2D eigenvalue weighted by Crippen LogP contribution is -2.52. The fourth-order valence-corrected chi connectivity index (χ4v) is 10.9. The minimum atomic E-state index is -0.724. The molecule has 0 radical (unpaired) electrons. The summed E-state index contributed by atoms with van der Waals surface area (Å²) in [5.74, 6) is 0.434. The Hall–Kier alpha value is -8.94. The van der Waals surface area contributed by atoms with Gasteiger partial charge in [0.05, 0.1) is 41.1 Å². The predicted octanol–water partition coefficient (Wildman–Crippen LogP) is 5.92. The van der Waals surface area contributed by atoms with Crippen molar-refractivity contribution in [3.63, 3.8) is 0 Å². The Morgan fingerprint density at radius 1 is 0.762 bits per heavy atom. The minimum absolute atomic E-state index is 0.159. The third kappa shape index (κ3) is 13.6. The van der Waals surface area contributed by atoms with Gasteiger partial charge in [-0.2, -0.15) is 10.2 Å². The van der Waals surface area contributed by atoms with Crippen LogP contribution in [0, 0.1) is 19.8 Å². The van der Waals surface area contributed by atoms with E-state index in [9.17, 15) is 28.8 Å². The van der Waals surface area contributed by atoms with Crippen LogP contribution in [0.5, 0.6) is 5.75 Å². The van der Waals surface area contributed by atoms with Crippen molar-refractivity contribution in [3.05, 3.63) is 100 Å². The van der Waals surface area contributed by atoms with Gasteiger partial charge >= 0.3 is 6.09 Å². The van der Waals surface area contributed by atoms with Crippen molar-refractivity contribution in [3.8, 4) is 5.75 Å². The van der Waals surface area contributed by atoms with Crippen LogP contribution in [0.15, 0.2) is 54.6 Å². The van der Waals surface area contributed by atoms with Gasteiger partial charge in [0.25, 0.3) is 11.8 Å². The maximum Gasteiger partial charge on any atom is 0.408 e. The normalized spacial score (nSPS) is 14.6. The fourth-order valence-electron chi connectivity index (χ4n) is 10.9. The van der Waals surface area contributed by atoms with Crippen molar-refractivity contribution in [1.29, 1.82) is 0 Å². The number of carbonyl (C=O) groups is 6.